The lowest BCUT2D eigenvalue weighted by molar-refractivity contribution is -0.385. The summed E-state index contributed by atoms with van der Waals surface area (Å²) in [6, 6.07) is 12.6. The van der Waals surface area contributed by atoms with Gasteiger partial charge in [0, 0.05) is 41.6 Å². The molecule has 0 fully saturated rings. The van der Waals surface area contributed by atoms with E-state index in [0.717, 1.165) is 0 Å². The van der Waals surface area contributed by atoms with Crippen LogP contribution in [0.25, 0.3) is 0 Å². The summed E-state index contributed by atoms with van der Waals surface area (Å²) < 4.78 is 16.5. The number of nitrogens with one attached hydrogen (secondary N) is 1. The predicted molar refractivity (Wildman–Crippen MR) is 144 cm³/mol. The number of hydrogen-bond donors (Lipinski definition) is 1. The molecule has 1 aliphatic heterocycles. The van der Waals surface area contributed by atoms with Gasteiger partial charge in [0.2, 0.25) is 5.91 Å². The number of para-hydroxylation sites is 1. The molecule has 1 amide bonds. The maximum Gasteiger partial charge on any atom is 0.336 e. The molecule has 2 aromatic rings. The summed E-state index contributed by atoms with van der Waals surface area (Å²) in [6.45, 7) is 7.92. The second-order valence-corrected chi connectivity index (χ2v) is 9.20. The zero-order chi connectivity index (χ0) is 28.7. The van der Waals surface area contributed by atoms with Crippen molar-refractivity contribution in [1.82, 2.24) is 0 Å². The van der Waals surface area contributed by atoms with E-state index in [9.17, 15) is 24.5 Å². The van der Waals surface area contributed by atoms with Crippen LogP contribution in [0.1, 0.15) is 46.1 Å². The molecule has 1 heterocycles. The molecule has 1 N–H and O–H groups in total. The molecule has 0 saturated heterocycles. The monoisotopic (exact) mass is 537 g/mol. The Labute approximate surface area is 226 Å². The van der Waals surface area contributed by atoms with Crippen LogP contribution in [0.2, 0.25) is 0 Å². The van der Waals surface area contributed by atoms with E-state index in [-0.39, 0.29) is 35.9 Å². The molecule has 11 heteroatoms. The molecule has 0 aromatic heterocycles. The van der Waals surface area contributed by atoms with Gasteiger partial charge in [0.25, 0.3) is 5.69 Å². The number of ether oxygens (including phenoxy) is 3. The summed E-state index contributed by atoms with van der Waals surface area (Å²) in [5, 5.41) is 14.5. The first-order chi connectivity index (χ1) is 18.5. The largest absolute Gasteiger partial charge is 0.490 e. The Bertz CT molecular complexity index is 1310. The quantitative estimate of drug-likeness (QED) is 0.201. The fraction of sp³-hybridized carbons (Fsp3) is 0.357. The Morgan fingerprint density at radius 1 is 1.05 bits per heavy atom. The number of aliphatic imine (C=N–C) groups is 1. The number of benzene rings is 2. The highest BCUT2D eigenvalue weighted by Gasteiger charge is 2.45. The number of carbonyl (C=O) groups is 3. The lowest BCUT2D eigenvalue weighted by atomic mass is 9.75. The molecule has 0 aliphatic carbocycles. The van der Waals surface area contributed by atoms with Crippen molar-refractivity contribution in [3.8, 4) is 5.75 Å². The number of rotatable bonds is 10. The Morgan fingerprint density at radius 2 is 1.72 bits per heavy atom. The number of hydrogen-bond acceptors (Lipinski definition) is 9. The fourth-order valence-electron chi connectivity index (χ4n) is 4.37. The maximum absolute atomic E-state index is 13.4. The Hall–Kier alpha value is -4.54. The van der Waals surface area contributed by atoms with Gasteiger partial charge in [-0.15, -0.1) is 0 Å². The number of nitrogens with zero attached hydrogens (tertiary/aromatic N) is 2. The zero-order valence-electron chi connectivity index (χ0n) is 22.4. The second-order valence-electron chi connectivity index (χ2n) is 9.20. The van der Waals surface area contributed by atoms with Crippen molar-refractivity contribution in [3.63, 3.8) is 0 Å². The van der Waals surface area contributed by atoms with E-state index < -0.39 is 34.8 Å². The number of allylic oxidation sites excluding steroid dienone is 1. The van der Waals surface area contributed by atoms with Crippen LogP contribution < -0.4 is 10.1 Å². The summed E-state index contributed by atoms with van der Waals surface area (Å²) in [4.78, 5) is 53.4. The molecule has 0 spiro atoms. The molecule has 2 atom stereocenters. The molecular weight excluding hydrogens is 506 g/mol. The summed E-state index contributed by atoms with van der Waals surface area (Å²) in [5.41, 5.74) is 1.31. The number of nitro groups is 1. The van der Waals surface area contributed by atoms with Gasteiger partial charge in [0.15, 0.2) is 0 Å². The van der Waals surface area contributed by atoms with Gasteiger partial charge in [-0.1, -0.05) is 18.2 Å². The first kappa shape index (κ1) is 29.0. The smallest absolute Gasteiger partial charge is 0.336 e. The average molecular weight is 538 g/mol. The lowest BCUT2D eigenvalue weighted by Crippen LogP contribution is -2.37. The van der Waals surface area contributed by atoms with E-state index in [1.165, 1.54) is 25.1 Å². The van der Waals surface area contributed by atoms with Crippen molar-refractivity contribution >= 4 is 34.9 Å². The highest BCUT2D eigenvalue weighted by molar-refractivity contribution is 6.07. The SMILES string of the molecule is CC(=O)Nc1ccc(OCCOC(=O)C2C(C)=NC(C)=C(C(=O)OC(C)C)[C@H]2c2ccccc2[N+](=O)[O-])cc1. The Morgan fingerprint density at radius 3 is 2.33 bits per heavy atom. The van der Waals surface area contributed by atoms with Gasteiger partial charge in [0.05, 0.1) is 16.6 Å². The van der Waals surface area contributed by atoms with Gasteiger partial charge in [0.1, 0.15) is 24.9 Å². The molecule has 0 bridgehead atoms. The third-order valence-electron chi connectivity index (χ3n) is 5.88. The number of carbonyl (C=O) groups excluding carboxylic acids is 3. The van der Waals surface area contributed by atoms with Gasteiger partial charge in [-0.25, -0.2) is 4.79 Å². The number of nitro benzene ring substituents is 1. The number of anilines is 1. The first-order valence-electron chi connectivity index (χ1n) is 12.4. The van der Waals surface area contributed by atoms with Crippen molar-refractivity contribution in [2.75, 3.05) is 18.5 Å². The minimum absolute atomic E-state index is 0.0292. The van der Waals surface area contributed by atoms with E-state index >= 15 is 0 Å². The first-order valence-corrected chi connectivity index (χ1v) is 12.4. The zero-order valence-corrected chi connectivity index (χ0v) is 22.4. The number of esters is 2. The van der Waals surface area contributed by atoms with Gasteiger partial charge in [-0.2, -0.15) is 0 Å². The normalized spacial score (nSPS) is 16.8. The third kappa shape index (κ3) is 7.28. The predicted octanol–water partition coefficient (Wildman–Crippen LogP) is 4.58. The minimum atomic E-state index is -1.10. The van der Waals surface area contributed by atoms with E-state index in [4.69, 9.17) is 14.2 Å². The van der Waals surface area contributed by atoms with Crippen LogP contribution in [-0.2, 0) is 23.9 Å². The summed E-state index contributed by atoms with van der Waals surface area (Å²) in [6.07, 6.45) is -0.453. The van der Waals surface area contributed by atoms with Crippen molar-refractivity contribution in [2.45, 2.75) is 46.6 Å². The molecule has 0 radical (unpaired) electrons. The van der Waals surface area contributed by atoms with E-state index in [1.807, 2.05) is 0 Å². The van der Waals surface area contributed by atoms with Gasteiger partial charge >= 0.3 is 11.9 Å². The molecule has 206 valence electrons. The van der Waals surface area contributed by atoms with Crippen LogP contribution in [0.3, 0.4) is 0 Å². The molecule has 11 nitrogen and oxygen atoms in total. The molecule has 1 aliphatic rings. The lowest BCUT2D eigenvalue weighted by Gasteiger charge is -2.31. The van der Waals surface area contributed by atoms with Crippen LogP contribution in [0.4, 0.5) is 11.4 Å². The van der Waals surface area contributed by atoms with Crippen molar-refractivity contribution < 1.29 is 33.5 Å². The second kappa shape index (κ2) is 12.8. The van der Waals surface area contributed by atoms with Crippen LogP contribution in [0, 0.1) is 16.0 Å². The number of amides is 1. The topological polar surface area (TPSA) is 146 Å². The van der Waals surface area contributed by atoms with Crippen molar-refractivity contribution in [3.05, 3.63) is 75.5 Å². The molecule has 3 rings (SSSR count). The van der Waals surface area contributed by atoms with E-state index in [1.54, 1.807) is 58.0 Å². The van der Waals surface area contributed by atoms with E-state index in [2.05, 4.69) is 10.3 Å². The molecule has 1 unspecified atom stereocenters. The fourth-order valence-corrected chi connectivity index (χ4v) is 4.37. The van der Waals surface area contributed by atoms with Gasteiger partial charge < -0.3 is 19.5 Å². The standard InChI is InChI=1S/C28H31N3O8/c1-16(2)39-28(34)25-18(4)29-17(3)24(26(25)22-8-6-7-9-23(22)31(35)36)27(33)38-15-14-37-21-12-10-20(11-13-21)30-19(5)32/h6-13,16,24,26H,14-15H2,1-5H3,(H,30,32)/t24?,26-/m0/s1. The summed E-state index contributed by atoms with van der Waals surface area (Å²) in [7, 11) is 0. The molecule has 0 saturated carbocycles. The minimum Gasteiger partial charge on any atom is -0.490 e. The highest BCUT2D eigenvalue weighted by Crippen LogP contribution is 2.43. The van der Waals surface area contributed by atoms with Crippen LogP contribution >= 0.6 is 0 Å². The molecule has 39 heavy (non-hydrogen) atoms. The third-order valence-corrected chi connectivity index (χ3v) is 5.88. The van der Waals surface area contributed by atoms with Gasteiger partial charge in [-0.3, -0.25) is 24.7 Å². The van der Waals surface area contributed by atoms with E-state index in [0.29, 0.717) is 22.8 Å². The maximum atomic E-state index is 13.4. The Kier molecular flexibility index (Phi) is 9.53. The van der Waals surface area contributed by atoms with Crippen molar-refractivity contribution in [1.29, 1.82) is 0 Å². The van der Waals surface area contributed by atoms with Crippen LogP contribution in [-0.4, -0.2) is 47.8 Å². The van der Waals surface area contributed by atoms with Crippen LogP contribution in [0.15, 0.2) is 64.8 Å². The van der Waals surface area contributed by atoms with Gasteiger partial charge in [-0.05, 0) is 52.0 Å². The Balaban J connectivity index is 1.83. The van der Waals surface area contributed by atoms with Crippen molar-refractivity contribution in [2.24, 2.45) is 10.9 Å². The summed E-state index contributed by atoms with van der Waals surface area (Å²) in [5.74, 6) is -3.23. The molecular formula is C28H31N3O8. The summed E-state index contributed by atoms with van der Waals surface area (Å²) >= 11 is 0. The van der Waals surface area contributed by atoms with Crippen LogP contribution in [0.5, 0.6) is 5.75 Å². The molecule has 2 aromatic carbocycles. The highest BCUT2D eigenvalue weighted by atomic mass is 16.6. The average Bonchev–Trinajstić information content (AvgIpc) is 2.86.